The zero-order chi connectivity index (χ0) is 18.8. The summed E-state index contributed by atoms with van der Waals surface area (Å²) in [5.74, 6) is 0.576. The lowest BCUT2D eigenvalue weighted by Crippen LogP contribution is -2.57. The number of likely N-dealkylation sites (N-methyl/N-ethyl adjacent to an activating group) is 1. The summed E-state index contributed by atoms with van der Waals surface area (Å²) in [7, 11) is 2.31. The molecule has 1 saturated heterocycles. The molecule has 0 aromatic heterocycles. The topological polar surface area (TPSA) is 44.9 Å². The third kappa shape index (κ3) is 6.94. The van der Waals surface area contributed by atoms with Gasteiger partial charge in [0, 0.05) is 24.7 Å². The van der Waals surface area contributed by atoms with Crippen molar-refractivity contribution in [1.29, 1.82) is 0 Å². The summed E-state index contributed by atoms with van der Waals surface area (Å²) in [6.07, 6.45) is 15.2. The summed E-state index contributed by atoms with van der Waals surface area (Å²) in [6.45, 7) is 9.11. The number of rotatable bonds is 6. The van der Waals surface area contributed by atoms with Crippen LogP contribution in [-0.4, -0.2) is 67.4 Å². The Balaban J connectivity index is 1.92. The van der Waals surface area contributed by atoms with Crippen LogP contribution in [-0.2, 0) is 0 Å². The van der Waals surface area contributed by atoms with Crippen LogP contribution in [0.25, 0.3) is 0 Å². The molecule has 152 valence electrons. The lowest BCUT2D eigenvalue weighted by Gasteiger charge is -2.44. The van der Waals surface area contributed by atoms with Crippen LogP contribution in [0.15, 0.2) is 4.99 Å². The molecule has 4 atom stereocenters. The highest BCUT2D eigenvalue weighted by molar-refractivity contribution is 5.57. The molecule has 2 N–H and O–H groups in total. The first-order valence-electron chi connectivity index (χ1n) is 11.3. The molecule has 4 nitrogen and oxygen atoms in total. The van der Waals surface area contributed by atoms with E-state index in [4.69, 9.17) is 10.7 Å². The van der Waals surface area contributed by atoms with Gasteiger partial charge < -0.3 is 10.6 Å². The van der Waals surface area contributed by atoms with E-state index < -0.39 is 0 Å². The Labute approximate surface area is 162 Å². The van der Waals surface area contributed by atoms with Crippen LogP contribution in [0, 0.1) is 5.92 Å². The van der Waals surface area contributed by atoms with Crippen molar-refractivity contribution >= 4 is 6.21 Å². The van der Waals surface area contributed by atoms with Gasteiger partial charge in [-0.3, -0.25) is 9.89 Å². The third-order valence-corrected chi connectivity index (χ3v) is 6.71. The molecule has 4 unspecified atom stereocenters. The first kappa shape index (κ1) is 21.8. The Bertz CT molecular complexity index is 398. The van der Waals surface area contributed by atoms with Gasteiger partial charge in [-0.2, -0.15) is 0 Å². The molecule has 0 bridgehead atoms. The number of hydrogen-bond donors (Lipinski definition) is 1. The first-order chi connectivity index (χ1) is 12.6. The Morgan fingerprint density at radius 3 is 2.73 bits per heavy atom. The number of nitrogens with zero attached hydrogens (tertiary/aromatic N) is 3. The van der Waals surface area contributed by atoms with Crippen LogP contribution in [0.3, 0.4) is 0 Å². The maximum Gasteiger partial charge on any atom is 0.0544 e. The van der Waals surface area contributed by atoms with Gasteiger partial charge in [0.25, 0.3) is 0 Å². The minimum Gasteiger partial charge on any atom is -0.326 e. The number of aliphatic imine (C=N–C) groups is 1. The molecule has 0 aliphatic carbocycles. The van der Waals surface area contributed by atoms with Crippen molar-refractivity contribution in [2.75, 3.05) is 33.2 Å². The average Bonchev–Trinajstić information content (AvgIpc) is 2.67. The van der Waals surface area contributed by atoms with Crippen molar-refractivity contribution in [1.82, 2.24) is 9.80 Å². The molecule has 0 amide bonds. The van der Waals surface area contributed by atoms with Gasteiger partial charge >= 0.3 is 0 Å². The van der Waals surface area contributed by atoms with E-state index in [1.165, 1.54) is 70.9 Å². The Morgan fingerprint density at radius 1 is 1.12 bits per heavy atom. The molecular formula is C22H44N4. The van der Waals surface area contributed by atoms with Gasteiger partial charge in [-0.25, -0.2) is 0 Å². The van der Waals surface area contributed by atoms with E-state index in [1.54, 1.807) is 0 Å². The van der Waals surface area contributed by atoms with E-state index in [-0.39, 0.29) is 6.04 Å². The van der Waals surface area contributed by atoms with E-state index in [0.717, 1.165) is 19.5 Å². The maximum atomic E-state index is 6.71. The van der Waals surface area contributed by atoms with Gasteiger partial charge in [0.05, 0.1) is 6.54 Å². The second kappa shape index (κ2) is 12.1. The molecule has 0 aromatic carbocycles. The molecule has 2 rings (SSSR count). The molecule has 0 spiro atoms. The Kier molecular flexibility index (Phi) is 10.2. The molecule has 4 heteroatoms. The van der Waals surface area contributed by atoms with E-state index >= 15 is 0 Å². The normalized spacial score (nSPS) is 33.1. The fourth-order valence-corrected chi connectivity index (χ4v) is 4.74. The summed E-state index contributed by atoms with van der Waals surface area (Å²) in [4.78, 5) is 10.0. The predicted molar refractivity (Wildman–Crippen MR) is 114 cm³/mol. The highest BCUT2D eigenvalue weighted by Gasteiger charge is 2.35. The van der Waals surface area contributed by atoms with E-state index in [9.17, 15) is 0 Å². The van der Waals surface area contributed by atoms with Crippen LogP contribution in [0.1, 0.15) is 78.1 Å². The minimum atomic E-state index is 0.287. The van der Waals surface area contributed by atoms with Crippen LogP contribution >= 0.6 is 0 Å². The highest BCUT2D eigenvalue weighted by atomic mass is 15.2. The summed E-state index contributed by atoms with van der Waals surface area (Å²) in [5.41, 5.74) is 6.71. The third-order valence-electron chi connectivity index (χ3n) is 6.71. The zero-order valence-electron chi connectivity index (χ0n) is 17.7. The highest BCUT2D eigenvalue weighted by Crippen LogP contribution is 2.26. The second-order valence-electron chi connectivity index (χ2n) is 8.75. The molecule has 2 aliphatic heterocycles. The van der Waals surface area contributed by atoms with Gasteiger partial charge in [0.2, 0.25) is 0 Å². The SMILES string of the molecule is CCCCCCN1CCC(C2CN=CCCCCCC(C)N2C)C(N)C1. The number of likely N-dealkylation sites (tertiary alicyclic amines) is 1. The minimum absolute atomic E-state index is 0.287. The van der Waals surface area contributed by atoms with Crippen LogP contribution in [0.5, 0.6) is 0 Å². The molecule has 0 radical (unpaired) electrons. The molecule has 2 aliphatic rings. The van der Waals surface area contributed by atoms with Gasteiger partial charge in [-0.05, 0) is 71.3 Å². The number of hydrogen-bond acceptors (Lipinski definition) is 4. The average molecular weight is 365 g/mol. The van der Waals surface area contributed by atoms with E-state index in [0.29, 0.717) is 18.0 Å². The van der Waals surface area contributed by atoms with Crippen molar-refractivity contribution in [3.8, 4) is 0 Å². The van der Waals surface area contributed by atoms with E-state index in [1.807, 2.05) is 0 Å². The fraction of sp³-hybridized carbons (Fsp3) is 0.955. The van der Waals surface area contributed by atoms with Crippen molar-refractivity contribution in [2.24, 2.45) is 16.6 Å². The Morgan fingerprint density at radius 2 is 1.96 bits per heavy atom. The molecule has 0 aromatic rings. The van der Waals surface area contributed by atoms with Crippen LogP contribution in [0.2, 0.25) is 0 Å². The van der Waals surface area contributed by atoms with Crippen LogP contribution < -0.4 is 5.73 Å². The van der Waals surface area contributed by atoms with Crippen LogP contribution in [0.4, 0.5) is 0 Å². The monoisotopic (exact) mass is 364 g/mol. The quantitative estimate of drug-likeness (QED) is 0.726. The molecule has 2 heterocycles. The summed E-state index contributed by atoms with van der Waals surface area (Å²) >= 11 is 0. The molecule has 26 heavy (non-hydrogen) atoms. The molecule has 1 fully saturated rings. The number of nitrogens with two attached hydrogens (primary N) is 1. The largest absolute Gasteiger partial charge is 0.326 e. The van der Waals surface area contributed by atoms with Gasteiger partial charge in [0.15, 0.2) is 0 Å². The first-order valence-corrected chi connectivity index (χ1v) is 11.3. The lowest BCUT2D eigenvalue weighted by atomic mass is 9.84. The van der Waals surface area contributed by atoms with Gasteiger partial charge in [-0.1, -0.05) is 39.0 Å². The van der Waals surface area contributed by atoms with Crippen molar-refractivity contribution in [2.45, 2.75) is 96.2 Å². The van der Waals surface area contributed by atoms with Gasteiger partial charge in [-0.15, -0.1) is 0 Å². The lowest BCUT2D eigenvalue weighted by molar-refractivity contribution is 0.0673. The molecular weight excluding hydrogens is 320 g/mol. The fourth-order valence-electron chi connectivity index (χ4n) is 4.74. The Hall–Kier alpha value is -0.450. The molecule has 0 saturated carbocycles. The van der Waals surface area contributed by atoms with Gasteiger partial charge in [0.1, 0.15) is 0 Å². The summed E-state index contributed by atoms with van der Waals surface area (Å²) in [5, 5.41) is 0. The number of piperidine rings is 1. The number of unbranched alkanes of at least 4 members (excludes halogenated alkanes) is 3. The zero-order valence-corrected chi connectivity index (χ0v) is 17.7. The van der Waals surface area contributed by atoms with Crippen molar-refractivity contribution in [3.63, 3.8) is 0 Å². The van der Waals surface area contributed by atoms with Crippen molar-refractivity contribution in [3.05, 3.63) is 0 Å². The smallest absolute Gasteiger partial charge is 0.0544 e. The predicted octanol–water partition coefficient (Wildman–Crippen LogP) is 3.94. The van der Waals surface area contributed by atoms with Crippen molar-refractivity contribution < 1.29 is 0 Å². The maximum absolute atomic E-state index is 6.71. The summed E-state index contributed by atoms with van der Waals surface area (Å²) < 4.78 is 0. The summed E-state index contributed by atoms with van der Waals surface area (Å²) in [6, 6.07) is 1.42. The standard InChI is InChI=1S/C22H44N4/c1-4-5-6-11-15-26-16-13-20(21(23)18-26)22-17-24-14-10-8-7-9-12-19(2)25(22)3/h14,19-22H,4-13,15-18,23H2,1-3H3. The second-order valence-corrected chi connectivity index (χ2v) is 8.75. The van der Waals surface area contributed by atoms with E-state index in [2.05, 4.69) is 36.9 Å².